The summed E-state index contributed by atoms with van der Waals surface area (Å²) < 4.78 is 0. The van der Waals surface area contributed by atoms with E-state index >= 15 is 0 Å². The second kappa shape index (κ2) is 9.93. The van der Waals surface area contributed by atoms with Crippen molar-refractivity contribution in [3.05, 3.63) is 22.4 Å². The predicted octanol–water partition coefficient (Wildman–Crippen LogP) is 3.06. The van der Waals surface area contributed by atoms with E-state index in [2.05, 4.69) is 53.6 Å². The number of thiophene rings is 1. The Bertz CT molecular complexity index is 452. The molecule has 0 saturated heterocycles. The Labute approximate surface area is 145 Å². The zero-order valence-electron chi connectivity index (χ0n) is 14.9. The number of hydrogen-bond donors (Lipinski definition) is 1. The molecule has 1 aliphatic rings. The van der Waals surface area contributed by atoms with Gasteiger partial charge in [0, 0.05) is 37.6 Å². The first-order chi connectivity index (χ1) is 11.2. The zero-order valence-corrected chi connectivity index (χ0v) is 15.7. The summed E-state index contributed by atoms with van der Waals surface area (Å²) in [6.07, 6.45) is 6.60. The van der Waals surface area contributed by atoms with Crippen LogP contribution in [0.15, 0.2) is 22.5 Å². The highest BCUT2D eigenvalue weighted by molar-refractivity contribution is 7.09. The standard InChI is InChI=1S/C18H32N4S/c1-4-19-18(22(3)13-11-17-10-7-15-23-17)20-12-14-21(2)16-8-5-6-9-16/h7,10,15-16H,4-6,8-9,11-14H2,1-3H3,(H,19,20). The van der Waals surface area contributed by atoms with Crippen LogP contribution in [-0.4, -0.2) is 62.1 Å². The Morgan fingerprint density at radius 1 is 1.30 bits per heavy atom. The highest BCUT2D eigenvalue weighted by atomic mass is 32.1. The molecule has 0 aromatic carbocycles. The van der Waals surface area contributed by atoms with E-state index in [1.54, 1.807) is 0 Å². The second-order valence-corrected chi connectivity index (χ2v) is 7.44. The van der Waals surface area contributed by atoms with E-state index in [0.29, 0.717) is 0 Å². The van der Waals surface area contributed by atoms with Gasteiger partial charge >= 0.3 is 0 Å². The Hall–Kier alpha value is -1.07. The van der Waals surface area contributed by atoms with Crippen molar-refractivity contribution in [2.75, 3.05) is 40.3 Å². The van der Waals surface area contributed by atoms with Gasteiger partial charge in [0.1, 0.15) is 0 Å². The average molecular weight is 337 g/mol. The molecule has 1 N–H and O–H groups in total. The Morgan fingerprint density at radius 2 is 2.09 bits per heavy atom. The molecule has 0 atom stereocenters. The fourth-order valence-corrected chi connectivity index (χ4v) is 3.85. The first kappa shape index (κ1) is 18.3. The fraction of sp³-hybridized carbons (Fsp3) is 0.722. The molecule has 4 nitrogen and oxygen atoms in total. The van der Waals surface area contributed by atoms with Crippen LogP contribution in [0.5, 0.6) is 0 Å². The summed E-state index contributed by atoms with van der Waals surface area (Å²) in [5, 5.41) is 5.56. The molecule has 0 bridgehead atoms. The number of guanidine groups is 1. The number of hydrogen-bond acceptors (Lipinski definition) is 3. The molecular formula is C18H32N4S. The zero-order chi connectivity index (χ0) is 16.5. The van der Waals surface area contributed by atoms with Crippen molar-refractivity contribution in [3.63, 3.8) is 0 Å². The summed E-state index contributed by atoms with van der Waals surface area (Å²) in [6.45, 7) is 5.98. The smallest absolute Gasteiger partial charge is 0.193 e. The molecule has 0 amide bonds. The summed E-state index contributed by atoms with van der Waals surface area (Å²) in [5.41, 5.74) is 0. The lowest BCUT2D eigenvalue weighted by molar-refractivity contribution is 0.252. The minimum atomic E-state index is 0.782. The number of rotatable bonds is 8. The van der Waals surface area contributed by atoms with Crippen LogP contribution < -0.4 is 5.32 Å². The van der Waals surface area contributed by atoms with E-state index in [1.807, 2.05) is 11.3 Å². The second-order valence-electron chi connectivity index (χ2n) is 6.41. The van der Waals surface area contributed by atoms with Gasteiger partial charge in [0.05, 0.1) is 6.54 Å². The van der Waals surface area contributed by atoms with Crippen LogP contribution >= 0.6 is 11.3 Å². The van der Waals surface area contributed by atoms with Gasteiger partial charge in [-0.25, -0.2) is 0 Å². The minimum absolute atomic E-state index is 0.782. The summed E-state index contributed by atoms with van der Waals surface area (Å²) in [5.74, 6) is 1.03. The van der Waals surface area contributed by atoms with Gasteiger partial charge in [-0.05, 0) is 44.7 Å². The van der Waals surface area contributed by atoms with Crippen LogP contribution in [0.25, 0.3) is 0 Å². The average Bonchev–Trinajstić information content (AvgIpc) is 3.24. The van der Waals surface area contributed by atoms with E-state index < -0.39 is 0 Å². The van der Waals surface area contributed by atoms with Crippen molar-refractivity contribution in [3.8, 4) is 0 Å². The highest BCUT2D eigenvalue weighted by Gasteiger charge is 2.18. The van der Waals surface area contributed by atoms with Crippen LogP contribution in [0.4, 0.5) is 0 Å². The van der Waals surface area contributed by atoms with Gasteiger partial charge < -0.3 is 15.1 Å². The molecule has 0 aliphatic heterocycles. The number of nitrogens with one attached hydrogen (secondary N) is 1. The molecule has 23 heavy (non-hydrogen) atoms. The first-order valence-corrected chi connectivity index (χ1v) is 9.80. The lowest BCUT2D eigenvalue weighted by Crippen LogP contribution is -2.40. The van der Waals surface area contributed by atoms with Crippen molar-refractivity contribution in [2.45, 2.75) is 45.1 Å². The Kier molecular flexibility index (Phi) is 7.89. The summed E-state index contributed by atoms with van der Waals surface area (Å²) >= 11 is 1.83. The maximum Gasteiger partial charge on any atom is 0.193 e. The maximum atomic E-state index is 4.82. The van der Waals surface area contributed by atoms with Crippen molar-refractivity contribution in [1.82, 2.24) is 15.1 Å². The van der Waals surface area contributed by atoms with Gasteiger partial charge in [0.15, 0.2) is 5.96 Å². The monoisotopic (exact) mass is 336 g/mol. The molecule has 1 aliphatic carbocycles. The van der Waals surface area contributed by atoms with Crippen molar-refractivity contribution in [1.29, 1.82) is 0 Å². The topological polar surface area (TPSA) is 30.9 Å². The molecule has 1 aromatic rings. The van der Waals surface area contributed by atoms with Gasteiger partial charge in [-0.3, -0.25) is 4.99 Å². The molecule has 1 fully saturated rings. The number of likely N-dealkylation sites (N-methyl/N-ethyl adjacent to an activating group) is 2. The third-order valence-corrected chi connectivity index (χ3v) is 5.57. The molecule has 1 saturated carbocycles. The minimum Gasteiger partial charge on any atom is -0.357 e. The summed E-state index contributed by atoms with van der Waals surface area (Å²) in [6, 6.07) is 5.11. The Balaban J connectivity index is 1.78. The van der Waals surface area contributed by atoms with Crippen LogP contribution in [-0.2, 0) is 6.42 Å². The molecular weight excluding hydrogens is 304 g/mol. The highest BCUT2D eigenvalue weighted by Crippen LogP contribution is 2.21. The molecule has 2 rings (SSSR count). The molecule has 130 valence electrons. The number of aliphatic imine (C=N–C) groups is 1. The third kappa shape index (κ3) is 6.15. The molecule has 1 aromatic heterocycles. The SMILES string of the molecule is CCNC(=NCCN(C)C1CCCC1)N(C)CCc1cccs1. The molecule has 0 radical (unpaired) electrons. The lowest BCUT2D eigenvalue weighted by atomic mass is 10.2. The third-order valence-electron chi connectivity index (χ3n) is 4.63. The van der Waals surface area contributed by atoms with Gasteiger partial charge in [-0.15, -0.1) is 11.3 Å². The van der Waals surface area contributed by atoms with E-state index in [0.717, 1.165) is 44.6 Å². The maximum absolute atomic E-state index is 4.82. The van der Waals surface area contributed by atoms with Gasteiger partial charge in [0.25, 0.3) is 0 Å². The predicted molar refractivity (Wildman–Crippen MR) is 102 cm³/mol. The van der Waals surface area contributed by atoms with E-state index in [9.17, 15) is 0 Å². The first-order valence-electron chi connectivity index (χ1n) is 8.92. The van der Waals surface area contributed by atoms with Crippen molar-refractivity contribution < 1.29 is 0 Å². The van der Waals surface area contributed by atoms with Gasteiger partial charge in [-0.2, -0.15) is 0 Å². The summed E-state index contributed by atoms with van der Waals surface area (Å²) in [7, 11) is 4.38. The fourth-order valence-electron chi connectivity index (χ4n) is 3.15. The summed E-state index contributed by atoms with van der Waals surface area (Å²) in [4.78, 5) is 11.0. The van der Waals surface area contributed by atoms with E-state index in [1.165, 1.54) is 30.6 Å². The quantitative estimate of drug-likeness (QED) is 0.585. The normalized spacial score (nSPS) is 16.3. The van der Waals surface area contributed by atoms with Crippen LogP contribution in [0.3, 0.4) is 0 Å². The molecule has 1 heterocycles. The molecule has 5 heteroatoms. The Morgan fingerprint density at radius 3 is 2.74 bits per heavy atom. The van der Waals surface area contributed by atoms with Gasteiger partial charge in [-0.1, -0.05) is 18.9 Å². The van der Waals surface area contributed by atoms with Crippen molar-refractivity contribution in [2.24, 2.45) is 4.99 Å². The van der Waals surface area contributed by atoms with Crippen LogP contribution in [0, 0.1) is 0 Å². The van der Waals surface area contributed by atoms with Crippen LogP contribution in [0.2, 0.25) is 0 Å². The molecule has 0 unspecified atom stereocenters. The number of nitrogens with zero attached hydrogens (tertiary/aromatic N) is 3. The van der Waals surface area contributed by atoms with Gasteiger partial charge in [0.2, 0.25) is 0 Å². The van der Waals surface area contributed by atoms with Crippen LogP contribution in [0.1, 0.15) is 37.5 Å². The molecule has 0 spiro atoms. The largest absolute Gasteiger partial charge is 0.357 e. The van der Waals surface area contributed by atoms with Crippen molar-refractivity contribution >= 4 is 17.3 Å². The van der Waals surface area contributed by atoms with E-state index in [4.69, 9.17) is 4.99 Å². The van der Waals surface area contributed by atoms with E-state index in [-0.39, 0.29) is 0 Å². The lowest BCUT2D eigenvalue weighted by Gasteiger charge is -2.24.